The Kier molecular flexibility index (Phi) is 3.11. The minimum atomic E-state index is 1.35. The topological polar surface area (TPSA) is 64.7 Å². The van der Waals surface area contributed by atoms with Crippen LogP contribution < -0.4 is 0 Å². The summed E-state index contributed by atoms with van der Waals surface area (Å²) in [4.78, 5) is 3.63. The summed E-state index contributed by atoms with van der Waals surface area (Å²) in [6.07, 6.45) is 4.46. The lowest BCUT2D eigenvalue weighted by atomic mass is 11.0. The molecule has 2 rings (SSSR count). The maximum absolute atomic E-state index is 4.08. The Morgan fingerprint density at radius 2 is 2.00 bits per heavy atom. The van der Waals surface area contributed by atoms with Crippen molar-refractivity contribution in [3.8, 4) is 0 Å². The van der Waals surface area contributed by atoms with E-state index in [1.165, 1.54) is 30.3 Å². The van der Waals surface area contributed by atoms with E-state index in [1.54, 1.807) is 5.51 Å². The van der Waals surface area contributed by atoms with E-state index in [0.29, 0.717) is 0 Å². The SMILES string of the molecule is c1cnon1.c1ncsn1. The van der Waals surface area contributed by atoms with Crippen LogP contribution in [0.25, 0.3) is 0 Å². The van der Waals surface area contributed by atoms with Gasteiger partial charge in [0.15, 0.2) is 0 Å². The van der Waals surface area contributed by atoms with E-state index in [2.05, 4.69) is 24.3 Å². The lowest BCUT2D eigenvalue weighted by molar-refractivity contribution is 0.307. The monoisotopic (exact) mass is 156 g/mol. The molecule has 0 aromatic carbocycles. The van der Waals surface area contributed by atoms with Crippen molar-refractivity contribution in [3.63, 3.8) is 0 Å². The van der Waals surface area contributed by atoms with Crippen molar-refractivity contribution in [1.82, 2.24) is 19.7 Å². The summed E-state index contributed by atoms with van der Waals surface area (Å²) in [5.41, 5.74) is 1.68. The van der Waals surface area contributed by atoms with Gasteiger partial charge in [0.1, 0.15) is 11.8 Å². The van der Waals surface area contributed by atoms with Crippen LogP contribution in [0, 0.1) is 0 Å². The molecule has 2 aromatic rings. The van der Waals surface area contributed by atoms with E-state index in [-0.39, 0.29) is 0 Å². The second kappa shape index (κ2) is 4.57. The Labute approximate surface area is 60.9 Å². The van der Waals surface area contributed by atoms with Gasteiger partial charge in [0.05, 0.1) is 12.4 Å². The molecular weight excluding hydrogens is 152 g/mol. The van der Waals surface area contributed by atoms with E-state index < -0.39 is 0 Å². The van der Waals surface area contributed by atoms with Crippen LogP contribution in [0.5, 0.6) is 0 Å². The summed E-state index contributed by atoms with van der Waals surface area (Å²) in [6, 6.07) is 0. The standard InChI is InChI=1S/C2H2N2O.C2H2N2S/c1-2-4-5-3-1;1-3-2-5-4-1/h2*1-2H. The van der Waals surface area contributed by atoms with Crippen molar-refractivity contribution >= 4 is 11.5 Å². The Morgan fingerprint density at radius 1 is 1.20 bits per heavy atom. The van der Waals surface area contributed by atoms with Crippen LogP contribution in [-0.4, -0.2) is 19.7 Å². The minimum Gasteiger partial charge on any atom is -0.245 e. The summed E-state index contributed by atoms with van der Waals surface area (Å²) >= 11 is 1.35. The molecule has 0 atom stereocenters. The first-order valence-corrected chi connectivity index (χ1v) is 3.24. The zero-order chi connectivity index (χ0) is 7.07. The Bertz CT molecular complexity index is 156. The van der Waals surface area contributed by atoms with Crippen molar-refractivity contribution < 1.29 is 4.63 Å². The van der Waals surface area contributed by atoms with Gasteiger partial charge in [-0.2, -0.15) is 4.37 Å². The second-order valence-electron chi connectivity index (χ2n) is 1.17. The van der Waals surface area contributed by atoms with Gasteiger partial charge in [0.25, 0.3) is 0 Å². The molecule has 0 fully saturated rings. The van der Waals surface area contributed by atoms with Crippen LogP contribution in [0.4, 0.5) is 0 Å². The quantitative estimate of drug-likeness (QED) is 0.559. The van der Waals surface area contributed by atoms with Crippen LogP contribution in [0.1, 0.15) is 0 Å². The fourth-order valence-corrected chi connectivity index (χ4v) is 0.544. The van der Waals surface area contributed by atoms with Crippen LogP contribution in [0.15, 0.2) is 28.9 Å². The summed E-state index contributed by atoms with van der Waals surface area (Å²) in [5.74, 6) is 0. The molecule has 0 saturated carbocycles. The maximum atomic E-state index is 4.08. The molecule has 0 unspecified atom stereocenters. The maximum Gasteiger partial charge on any atom is 0.129 e. The Hall–Kier alpha value is -1.30. The largest absolute Gasteiger partial charge is 0.245 e. The number of rotatable bonds is 0. The molecule has 2 aromatic heterocycles. The molecule has 6 heteroatoms. The first kappa shape index (κ1) is 6.81. The molecule has 10 heavy (non-hydrogen) atoms. The molecule has 0 bridgehead atoms. The van der Waals surface area contributed by atoms with Gasteiger partial charge >= 0.3 is 0 Å². The third-order valence-corrected chi connectivity index (χ3v) is 0.997. The normalized spacial score (nSPS) is 8.00. The summed E-state index contributed by atoms with van der Waals surface area (Å²) in [5, 5.41) is 6.47. The molecule has 0 saturated heterocycles. The van der Waals surface area contributed by atoms with Crippen molar-refractivity contribution in [2.45, 2.75) is 0 Å². The lowest BCUT2D eigenvalue weighted by Gasteiger charge is -1.45. The van der Waals surface area contributed by atoms with Crippen LogP contribution in [0.2, 0.25) is 0 Å². The number of hydrogen-bond donors (Lipinski definition) is 0. The number of nitrogens with zero attached hydrogens (tertiary/aromatic N) is 4. The fraction of sp³-hybridized carbons (Fsp3) is 0. The predicted molar refractivity (Wildman–Crippen MR) is 34.2 cm³/mol. The molecule has 0 radical (unpaired) electrons. The highest BCUT2D eigenvalue weighted by Gasteiger charge is 1.61. The van der Waals surface area contributed by atoms with Crippen molar-refractivity contribution in [3.05, 3.63) is 24.2 Å². The molecule has 0 spiro atoms. The average molecular weight is 156 g/mol. The van der Waals surface area contributed by atoms with Gasteiger partial charge in [-0.1, -0.05) is 10.3 Å². The molecule has 0 aliphatic heterocycles. The smallest absolute Gasteiger partial charge is 0.129 e. The minimum absolute atomic E-state index is 1.35. The fourth-order valence-electron chi connectivity index (χ4n) is 0.272. The molecule has 0 N–H and O–H groups in total. The number of aromatic nitrogens is 4. The van der Waals surface area contributed by atoms with Crippen molar-refractivity contribution in [2.24, 2.45) is 0 Å². The van der Waals surface area contributed by atoms with E-state index in [0.717, 1.165) is 0 Å². The average Bonchev–Trinajstić information content (AvgIpc) is 2.67. The van der Waals surface area contributed by atoms with Crippen LogP contribution in [-0.2, 0) is 0 Å². The lowest BCUT2D eigenvalue weighted by Crippen LogP contribution is -1.44. The highest BCUT2D eigenvalue weighted by Crippen LogP contribution is 1.77. The molecule has 2 heterocycles. The second-order valence-corrected chi connectivity index (χ2v) is 1.80. The van der Waals surface area contributed by atoms with Crippen LogP contribution in [0.3, 0.4) is 0 Å². The van der Waals surface area contributed by atoms with Gasteiger partial charge in [0, 0.05) is 0 Å². The van der Waals surface area contributed by atoms with Crippen molar-refractivity contribution in [2.75, 3.05) is 0 Å². The highest BCUT2D eigenvalue weighted by molar-refractivity contribution is 7.03. The highest BCUT2D eigenvalue weighted by atomic mass is 32.1. The summed E-state index contributed by atoms with van der Waals surface area (Å²) < 4.78 is 7.74. The first-order chi connectivity index (χ1) is 5.00. The third-order valence-electron chi connectivity index (χ3n) is 0.565. The van der Waals surface area contributed by atoms with Crippen LogP contribution >= 0.6 is 11.5 Å². The van der Waals surface area contributed by atoms with Gasteiger partial charge in [-0.15, -0.1) is 0 Å². The Balaban J connectivity index is 0.0000001000. The zero-order valence-corrected chi connectivity index (χ0v) is 5.73. The third kappa shape index (κ3) is 2.88. The number of hydrogen-bond acceptors (Lipinski definition) is 6. The van der Waals surface area contributed by atoms with E-state index in [1.807, 2.05) is 0 Å². The van der Waals surface area contributed by atoms with E-state index in [9.17, 15) is 0 Å². The van der Waals surface area contributed by atoms with Gasteiger partial charge < -0.3 is 0 Å². The van der Waals surface area contributed by atoms with Gasteiger partial charge in [-0.3, -0.25) is 0 Å². The molecular formula is C4H4N4OS. The van der Waals surface area contributed by atoms with Gasteiger partial charge in [-0.05, 0) is 11.5 Å². The molecule has 5 nitrogen and oxygen atoms in total. The molecule has 0 aliphatic carbocycles. The Morgan fingerprint density at radius 3 is 2.20 bits per heavy atom. The molecule has 52 valence electrons. The molecule has 0 amide bonds. The van der Waals surface area contributed by atoms with Crippen molar-refractivity contribution in [1.29, 1.82) is 0 Å². The van der Waals surface area contributed by atoms with E-state index in [4.69, 9.17) is 0 Å². The summed E-state index contributed by atoms with van der Waals surface area (Å²) in [6.45, 7) is 0. The summed E-state index contributed by atoms with van der Waals surface area (Å²) in [7, 11) is 0. The van der Waals surface area contributed by atoms with Gasteiger partial charge in [0.2, 0.25) is 0 Å². The zero-order valence-electron chi connectivity index (χ0n) is 4.91. The molecule has 0 aliphatic rings. The predicted octanol–water partition coefficient (Wildman–Crippen LogP) is 0.608. The first-order valence-electron chi connectivity index (χ1n) is 2.41. The van der Waals surface area contributed by atoms with E-state index >= 15 is 0 Å². The van der Waals surface area contributed by atoms with Gasteiger partial charge in [-0.25, -0.2) is 9.61 Å².